The fourth-order valence-corrected chi connectivity index (χ4v) is 2.61. The largest absolute Gasteiger partial charge is 0.381 e. The number of carbonyl (C=O) groups excluding carboxylic acids is 1. The Hall–Kier alpha value is -0.660. The molecule has 0 spiro atoms. The standard InChI is InChI=1S/C12H16BrN3O2S/c1-19-12-15-6-9(13)10(16-12)11(17)14-5-8-3-2-4-18-7-8/h6,8H,2-5,7H2,1H3,(H,14,17). The quantitative estimate of drug-likeness (QED) is 0.668. The number of hydrogen-bond donors (Lipinski definition) is 1. The van der Waals surface area contributed by atoms with Crippen molar-refractivity contribution >= 4 is 33.6 Å². The van der Waals surface area contributed by atoms with E-state index in [0.717, 1.165) is 26.1 Å². The van der Waals surface area contributed by atoms with Crippen LogP contribution in [0, 0.1) is 5.92 Å². The molecule has 1 aromatic rings. The van der Waals surface area contributed by atoms with Crippen molar-refractivity contribution in [3.8, 4) is 0 Å². The van der Waals surface area contributed by atoms with Gasteiger partial charge in [0.1, 0.15) is 5.69 Å². The molecule has 0 aromatic carbocycles. The Balaban J connectivity index is 1.95. The van der Waals surface area contributed by atoms with Gasteiger partial charge in [-0.15, -0.1) is 0 Å². The van der Waals surface area contributed by atoms with Gasteiger partial charge in [0.2, 0.25) is 0 Å². The molecule has 1 aliphatic rings. The van der Waals surface area contributed by atoms with Crippen molar-refractivity contribution in [2.45, 2.75) is 18.0 Å². The first-order valence-electron chi connectivity index (χ1n) is 6.13. The second-order valence-electron chi connectivity index (χ2n) is 4.35. The molecule has 1 atom stereocenters. The third-order valence-corrected chi connectivity index (χ3v) is 4.07. The Bertz CT molecular complexity index is 453. The molecule has 1 amide bonds. The maximum atomic E-state index is 12.1. The van der Waals surface area contributed by atoms with Crippen LogP contribution in [0.15, 0.2) is 15.8 Å². The maximum Gasteiger partial charge on any atom is 0.271 e. The summed E-state index contributed by atoms with van der Waals surface area (Å²) in [6.07, 6.45) is 5.65. The van der Waals surface area contributed by atoms with Gasteiger partial charge < -0.3 is 10.1 Å². The number of nitrogens with zero attached hydrogens (tertiary/aromatic N) is 2. The van der Waals surface area contributed by atoms with Gasteiger partial charge in [-0.05, 0) is 40.9 Å². The van der Waals surface area contributed by atoms with Gasteiger partial charge in [-0.25, -0.2) is 9.97 Å². The summed E-state index contributed by atoms with van der Waals surface area (Å²) in [6, 6.07) is 0. The van der Waals surface area contributed by atoms with E-state index in [9.17, 15) is 4.79 Å². The molecule has 1 aromatic heterocycles. The van der Waals surface area contributed by atoms with E-state index >= 15 is 0 Å². The molecular formula is C12H16BrN3O2S. The Morgan fingerprint density at radius 3 is 3.21 bits per heavy atom. The van der Waals surface area contributed by atoms with Crippen LogP contribution in [-0.2, 0) is 4.74 Å². The molecule has 1 aliphatic heterocycles. The maximum absolute atomic E-state index is 12.1. The van der Waals surface area contributed by atoms with Crippen molar-refractivity contribution in [3.63, 3.8) is 0 Å². The molecule has 0 radical (unpaired) electrons. The van der Waals surface area contributed by atoms with E-state index in [1.807, 2.05) is 6.26 Å². The molecule has 1 N–H and O–H groups in total. The fraction of sp³-hybridized carbons (Fsp3) is 0.583. The van der Waals surface area contributed by atoms with E-state index in [4.69, 9.17) is 4.74 Å². The van der Waals surface area contributed by atoms with Crippen molar-refractivity contribution in [1.82, 2.24) is 15.3 Å². The van der Waals surface area contributed by atoms with Crippen molar-refractivity contribution in [3.05, 3.63) is 16.4 Å². The highest BCUT2D eigenvalue weighted by Gasteiger charge is 2.17. The lowest BCUT2D eigenvalue weighted by atomic mass is 10.0. The number of rotatable bonds is 4. The molecule has 7 heteroatoms. The summed E-state index contributed by atoms with van der Waals surface area (Å²) in [6.45, 7) is 2.18. The fourth-order valence-electron chi connectivity index (χ4n) is 1.90. The second kappa shape index (κ2) is 7.21. The van der Waals surface area contributed by atoms with Crippen LogP contribution in [0.3, 0.4) is 0 Å². The lowest BCUT2D eigenvalue weighted by Gasteiger charge is -2.22. The van der Waals surface area contributed by atoms with E-state index in [0.29, 0.717) is 27.8 Å². The van der Waals surface area contributed by atoms with Crippen LogP contribution >= 0.6 is 27.7 Å². The van der Waals surface area contributed by atoms with Gasteiger partial charge in [0.05, 0.1) is 11.1 Å². The number of amides is 1. The summed E-state index contributed by atoms with van der Waals surface area (Å²) < 4.78 is 6.00. The molecule has 1 saturated heterocycles. The van der Waals surface area contributed by atoms with Gasteiger partial charge in [0, 0.05) is 19.3 Å². The van der Waals surface area contributed by atoms with Gasteiger partial charge in [-0.1, -0.05) is 11.8 Å². The van der Waals surface area contributed by atoms with Gasteiger partial charge in [-0.3, -0.25) is 4.79 Å². The van der Waals surface area contributed by atoms with Crippen LogP contribution in [0.1, 0.15) is 23.3 Å². The summed E-state index contributed by atoms with van der Waals surface area (Å²) >= 11 is 4.72. The van der Waals surface area contributed by atoms with Gasteiger partial charge in [0.15, 0.2) is 5.16 Å². The van der Waals surface area contributed by atoms with Crippen LogP contribution < -0.4 is 5.32 Å². The smallest absolute Gasteiger partial charge is 0.271 e. The van der Waals surface area contributed by atoms with E-state index in [1.54, 1.807) is 6.20 Å². The number of nitrogens with one attached hydrogen (secondary N) is 1. The monoisotopic (exact) mass is 345 g/mol. The highest BCUT2D eigenvalue weighted by molar-refractivity contribution is 9.10. The van der Waals surface area contributed by atoms with Crippen LogP contribution in [0.25, 0.3) is 0 Å². The first-order valence-corrected chi connectivity index (χ1v) is 8.15. The molecular weight excluding hydrogens is 330 g/mol. The SMILES string of the molecule is CSc1ncc(Br)c(C(=O)NCC2CCCOC2)n1. The molecule has 2 heterocycles. The summed E-state index contributed by atoms with van der Waals surface area (Å²) in [5.74, 6) is 0.230. The normalized spacial score (nSPS) is 19.2. The van der Waals surface area contributed by atoms with Crippen molar-refractivity contribution < 1.29 is 9.53 Å². The molecule has 0 bridgehead atoms. The summed E-state index contributed by atoms with van der Waals surface area (Å²) in [5, 5.41) is 3.50. The molecule has 104 valence electrons. The number of ether oxygens (including phenoxy) is 1. The Labute approximate surface area is 125 Å². The third kappa shape index (κ3) is 4.15. The molecule has 0 saturated carbocycles. The van der Waals surface area contributed by atoms with E-state index in [-0.39, 0.29) is 5.91 Å². The summed E-state index contributed by atoms with van der Waals surface area (Å²) in [7, 11) is 0. The number of hydrogen-bond acceptors (Lipinski definition) is 5. The van der Waals surface area contributed by atoms with E-state index in [1.165, 1.54) is 11.8 Å². The Morgan fingerprint density at radius 2 is 2.53 bits per heavy atom. The van der Waals surface area contributed by atoms with Crippen molar-refractivity contribution in [2.24, 2.45) is 5.92 Å². The molecule has 5 nitrogen and oxygen atoms in total. The predicted molar refractivity (Wildman–Crippen MR) is 77.4 cm³/mol. The minimum absolute atomic E-state index is 0.171. The topological polar surface area (TPSA) is 64.1 Å². The van der Waals surface area contributed by atoms with Crippen LogP contribution in [0.2, 0.25) is 0 Å². The van der Waals surface area contributed by atoms with E-state index < -0.39 is 0 Å². The predicted octanol–water partition coefficient (Wildman–Crippen LogP) is 2.12. The molecule has 2 rings (SSSR count). The number of halogens is 1. The van der Waals surface area contributed by atoms with Gasteiger partial charge in [0.25, 0.3) is 5.91 Å². The molecule has 1 fully saturated rings. The Morgan fingerprint density at radius 1 is 1.68 bits per heavy atom. The summed E-state index contributed by atoms with van der Waals surface area (Å²) in [4.78, 5) is 20.4. The third-order valence-electron chi connectivity index (χ3n) is 2.93. The summed E-state index contributed by atoms with van der Waals surface area (Å²) in [5.41, 5.74) is 0.385. The average molecular weight is 346 g/mol. The highest BCUT2D eigenvalue weighted by atomic mass is 79.9. The number of aromatic nitrogens is 2. The molecule has 1 unspecified atom stereocenters. The average Bonchev–Trinajstić information content (AvgIpc) is 2.46. The minimum atomic E-state index is -0.171. The number of carbonyl (C=O) groups is 1. The second-order valence-corrected chi connectivity index (χ2v) is 5.97. The van der Waals surface area contributed by atoms with E-state index in [2.05, 4.69) is 31.2 Å². The zero-order valence-electron chi connectivity index (χ0n) is 10.7. The van der Waals surface area contributed by atoms with Crippen molar-refractivity contribution in [1.29, 1.82) is 0 Å². The zero-order valence-corrected chi connectivity index (χ0v) is 13.1. The molecule has 0 aliphatic carbocycles. The van der Waals surface area contributed by atoms with Gasteiger partial charge >= 0.3 is 0 Å². The van der Waals surface area contributed by atoms with Gasteiger partial charge in [-0.2, -0.15) is 0 Å². The van der Waals surface area contributed by atoms with Crippen LogP contribution in [-0.4, -0.2) is 41.9 Å². The lowest BCUT2D eigenvalue weighted by Crippen LogP contribution is -2.33. The molecule has 19 heavy (non-hydrogen) atoms. The number of thioether (sulfide) groups is 1. The van der Waals surface area contributed by atoms with Crippen LogP contribution in [0.5, 0.6) is 0 Å². The first kappa shape index (κ1) is 14.7. The van der Waals surface area contributed by atoms with Crippen LogP contribution in [0.4, 0.5) is 0 Å². The lowest BCUT2D eigenvalue weighted by molar-refractivity contribution is 0.0535. The first-order chi connectivity index (χ1) is 9.20. The highest BCUT2D eigenvalue weighted by Crippen LogP contribution is 2.17. The Kier molecular flexibility index (Phi) is 5.59. The minimum Gasteiger partial charge on any atom is -0.381 e. The van der Waals surface area contributed by atoms with Crippen molar-refractivity contribution in [2.75, 3.05) is 26.0 Å². The zero-order chi connectivity index (χ0) is 13.7.